The lowest BCUT2D eigenvalue weighted by Crippen LogP contribution is -2.41. The van der Waals surface area contributed by atoms with Crippen LogP contribution < -0.4 is 5.32 Å². The van der Waals surface area contributed by atoms with Crippen LogP contribution in [0.3, 0.4) is 0 Å². The van der Waals surface area contributed by atoms with Gasteiger partial charge < -0.3 is 10.4 Å². The second-order valence-corrected chi connectivity index (χ2v) is 5.99. The highest BCUT2D eigenvalue weighted by molar-refractivity contribution is 7.13. The number of carboxylic acids is 1. The van der Waals surface area contributed by atoms with Gasteiger partial charge in [0.1, 0.15) is 11.0 Å². The Morgan fingerprint density at radius 1 is 1.39 bits per heavy atom. The van der Waals surface area contributed by atoms with Crippen LogP contribution in [0.25, 0.3) is 10.7 Å². The molecule has 0 aliphatic rings. The molecule has 0 bridgehead atoms. The van der Waals surface area contributed by atoms with Gasteiger partial charge in [0.05, 0.1) is 17.8 Å². The summed E-state index contributed by atoms with van der Waals surface area (Å²) in [6.45, 7) is 1.98. The van der Waals surface area contributed by atoms with Gasteiger partial charge in [0.2, 0.25) is 5.91 Å². The smallest absolute Gasteiger partial charge is 0.326 e. The zero-order chi connectivity index (χ0) is 16.7. The van der Waals surface area contributed by atoms with Gasteiger partial charge in [-0.25, -0.2) is 9.78 Å². The quantitative estimate of drug-likeness (QED) is 0.774. The number of pyridine rings is 1. The van der Waals surface area contributed by atoms with Gasteiger partial charge in [0.25, 0.3) is 0 Å². The second kappa shape index (κ2) is 8.38. The van der Waals surface area contributed by atoms with Gasteiger partial charge >= 0.3 is 5.97 Å². The Labute approximate surface area is 138 Å². The first-order chi connectivity index (χ1) is 11.1. The maximum absolute atomic E-state index is 12.0. The van der Waals surface area contributed by atoms with Crippen molar-refractivity contribution in [2.75, 3.05) is 0 Å². The monoisotopic (exact) mass is 333 g/mol. The zero-order valence-electron chi connectivity index (χ0n) is 12.9. The molecule has 2 rings (SSSR count). The predicted octanol–water partition coefficient (Wildman–Crippen LogP) is 2.51. The zero-order valence-corrected chi connectivity index (χ0v) is 13.7. The van der Waals surface area contributed by atoms with E-state index in [0.29, 0.717) is 12.1 Å². The van der Waals surface area contributed by atoms with Gasteiger partial charge in [0.15, 0.2) is 0 Å². The maximum atomic E-state index is 12.0. The van der Waals surface area contributed by atoms with Crippen LogP contribution >= 0.6 is 11.3 Å². The summed E-state index contributed by atoms with van der Waals surface area (Å²) < 4.78 is 0. The fourth-order valence-electron chi connectivity index (χ4n) is 2.07. The molecule has 2 aromatic rings. The van der Waals surface area contributed by atoms with E-state index in [0.717, 1.165) is 23.5 Å². The Morgan fingerprint density at radius 2 is 2.22 bits per heavy atom. The normalized spacial score (nSPS) is 11.9. The first kappa shape index (κ1) is 17.1. The Morgan fingerprint density at radius 3 is 2.87 bits per heavy atom. The van der Waals surface area contributed by atoms with Crippen molar-refractivity contribution in [2.24, 2.45) is 0 Å². The van der Waals surface area contributed by atoms with Crippen molar-refractivity contribution in [3.05, 3.63) is 35.5 Å². The van der Waals surface area contributed by atoms with Gasteiger partial charge in [0, 0.05) is 11.6 Å². The number of carbonyl (C=O) groups excluding carboxylic acids is 1. The molecule has 2 heterocycles. The summed E-state index contributed by atoms with van der Waals surface area (Å²) in [5, 5.41) is 14.2. The first-order valence-corrected chi connectivity index (χ1v) is 8.36. The summed E-state index contributed by atoms with van der Waals surface area (Å²) in [6, 6.07) is 4.72. The highest BCUT2D eigenvalue weighted by atomic mass is 32.1. The molecule has 6 nitrogen and oxygen atoms in total. The third-order valence-electron chi connectivity index (χ3n) is 3.26. The van der Waals surface area contributed by atoms with Gasteiger partial charge in [-0.15, -0.1) is 11.3 Å². The molecular weight excluding hydrogens is 314 g/mol. The van der Waals surface area contributed by atoms with Crippen LogP contribution in [0.1, 0.15) is 31.9 Å². The predicted molar refractivity (Wildman–Crippen MR) is 88.1 cm³/mol. The fourth-order valence-corrected chi connectivity index (χ4v) is 2.87. The molecule has 7 heteroatoms. The SMILES string of the molecule is CCCCC(NC(=O)Cc1csc(-c2ccccn2)n1)C(=O)O. The summed E-state index contributed by atoms with van der Waals surface area (Å²) in [7, 11) is 0. The second-order valence-electron chi connectivity index (χ2n) is 5.14. The van der Waals surface area contributed by atoms with Crippen molar-refractivity contribution in [1.82, 2.24) is 15.3 Å². The number of nitrogens with one attached hydrogen (secondary N) is 1. The standard InChI is InChI=1S/C16H19N3O3S/c1-2-3-6-13(16(21)22)19-14(20)9-11-10-23-15(18-11)12-7-4-5-8-17-12/h4-5,7-8,10,13H,2-3,6,9H2,1H3,(H,19,20)(H,21,22). The Balaban J connectivity index is 1.95. The van der Waals surface area contributed by atoms with Crippen LogP contribution in [0.15, 0.2) is 29.8 Å². The van der Waals surface area contributed by atoms with E-state index < -0.39 is 12.0 Å². The van der Waals surface area contributed by atoms with Crippen LogP contribution in [0, 0.1) is 0 Å². The van der Waals surface area contributed by atoms with E-state index in [9.17, 15) is 9.59 Å². The van der Waals surface area contributed by atoms with Gasteiger partial charge in [-0.3, -0.25) is 9.78 Å². The molecule has 0 saturated carbocycles. The van der Waals surface area contributed by atoms with Gasteiger partial charge in [-0.05, 0) is 18.6 Å². The third kappa shape index (κ3) is 5.14. The number of aromatic nitrogens is 2. The minimum atomic E-state index is -1.00. The molecule has 122 valence electrons. The van der Waals surface area contributed by atoms with E-state index in [-0.39, 0.29) is 12.3 Å². The Kier molecular flexibility index (Phi) is 6.22. The highest BCUT2D eigenvalue weighted by Gasteiger charge is 2.20. The van der Waals surface area contributed by atoms with Crippen molar-refractivity contribution >= 4 is 23.2 Å². The van der Waals surface area contributed by atoms with Crippen molar-refractivity contribution < 1.29 is 14.7 Å². The lowest BCUT2D eigenvalue weighted by atomic mass is 10.1. The number of hydrogen-bond donors (Lipinski definition) is 2. The molecule has 2 N–H and O–H groups in total. The lowest BCUT2D eigenvalue weighted by Gasteiger charge is -2.13. The Hall–Kier alpha value is -2.28. The topological polar surface area (TPSA) is 92.2 Å². The molecule has 0 aliphatic carbocycles. The third-order valence-corrected chi connectivity index (χ3v) is 4.17. The molecule has 0 radical (unpaired) electrons. The summed E-state index contributed by atoms with van der Waals surface area (Å²) >= 11 is 1.41. The van der Waals surface area contributed by atoms with E-state index in [4.69, 9.17) is 5.11 Å². The number of rotatable bonds is 8. The van der Waals surface area contributed by atoms with E-state index in [1.165, 1.54) is 11.3 Å². The summed E-state index contributed by atoms with van der Waals surface area (Å²) in [5.74, 6) is -1.33. The van der Waals surface area contributed by atoms with Crippen LogP contribution in [-0.4, -0.2) is 33.0 Å². The fraction of sp³-hybridized carbons (Fsp3) is 0.375. The average Bonchev–Trinajstić information content (AvgIpc) is 3.00. The molecule has 2 aromatic heterocycles. The molecule has 0 fully saturated rings. The lowest BCUT2D eigenvalue weighted by molar-refractivity contribution is -0.142. The van der Waals surface area contributed by atoms with Crippen molar-refractivity contribution in [3.63, 3.8) is 0 Å². The molecule has 0 aliphatic heterocycles. The van der Waals surface area contributed by atoms with Gasteiger partial charge in [-0.1, -0.05) is 25.8 Å². The average molecular weight is 333 g/mol. The molecule has 23 heavy (non-hydrogen) atoms. The van der Waals surface area contributed by atoms with Crippen molar-refractivity contribution in [3.8, 4) is 10.7 Å². The van der Waals surface area contributed by atoms with Crippen LogP contribution in [0.4, 0.5) is 0 Å². The van der Waals surface area contributed by atoms with E-state index in [1.54, 1.807) is 11.6 Å². The number of thiazole rings is 1. The number of carboxylic acid groups (broad SMARTS) is 1. The van der Waals surface area contributed by atoms with Crippen LogP contribution in [0.5, 0.6) is 0 Å². The largest absolute Gasteiger partial charge is 0.480 e. The molecule has 0 saturated heterocycles. The number of aliphatic carboxylic acids is 1. The van der Waals surface area contributed by atoms with E-state index >= 15 is 0 Å². The summed E-state index contributed by atoms with van der Waals surface area (Å²) in [6.07, 6.45) is 3.85. The van der Waals surface area contributed by atoms with E-state index in [2.05, 4.69) is 15.3 Å². The molecule has 0 spiro atoms. The van der Waals surface area contributed by atoms with Gasteiger partial charge in [-0.2, -0.15) is 0 Å². The summed E-state index contributed by atoms with van der Waals surface area (Å²) in [5.41, 5.74) is 1.38. The van der Waals surface area contributed by atoms with Crippen molar-refractivity contribution in [2.45, 2.75) is 38.6 Å². The molecule has 1 amide bonds. The highest BCUT2D eigenvalue weighted by Crippen LogP contribution is 2.21. The molecular formula is C16H19N3O3S. The number of unbranched alkanes of at least 4 members (excludes halogenated alkanes) is 1. The van der Waals surface area contributed by atoms with Crippen LogP contribution in [-0.2, 0) is 16.0 Å². The molecule has 1 unspecified atom stereocenters. The Bertz CT molecular complexity index is 658. The van der Waals surface area contributed by atoms with E-state index in [1.807, 2.05) is 25.1 Å². The first-order valence-electron chi connectivity index (χ1n) is 7.48. The number of amides is 1. The maximum Gasteiger partial charge on any atom is 0.326 e. The number of nitrogens with zero attached hydrogens (tertiary/aromatic N) is 2. The van der Waals surface area contributed by atoms with Crippen molar-refractivity contribution in [1.29, 1.82) is 0 Å². The molecule has 1 atom stereocenters. The minimum Gasteiger partial charge on any atom is -0.480 e. The minimum absolute atomic E-state index is 0.0687. The number of carbonyl (C=O) groups is 2. The van der Waals surface area contributed by atoms with Crippen LogP contribution in [0.2, 0.25) is 0 Å². The number of hydrogen-bond acceptors (Lipinski definition) is 5. The summed E-state index contributed by atoms with van der Waals surface area (Å²) in [4.78, 5) is 31.8. The molecule has 0 aromatic carbocycles.